The van der Waals surface area contributed by atoms with Gasteiger partial charge in [0.25, 0.3) is 0 Å². The number of aliphatic hydroxyl groups is 1. The van der Waals surface area contributed by atoms with Gasteiger partial charge in [0.15, 0.2) is 0 Å². The van der Waals surface area contributed by atoms with Crippen molar-refractivity contribution in [3.63, 3.8) is 0 Å². The number of nitrogens with zero attached hydrogens (tertiary/aromatic N) is 1. The van der Waals surface area contributed by atoms with Crippen LogP contribution >= 0.6 is 15.9 Å². The number of rotatable bonds is 6. The quantitative estimate of drug-likeness (QED) is 0.723. The van der Waals surface area contributed by atoms with E-state index < -0.39 is 5.91 Å². The van der Waals surface area contributed by atoms with Crippen molar-refractivity contribution in [1.82, 2.24) is 5.32 Å². The van der Waals surface area contributed by atoms with Gasteiger partial charge in [0.05, 0.1) is 12.3 Å². The first kappa shape index (κ1) is 15.3. The highest BCUT2D eigenvalue weighted by Gasteiger charge is 2.19. The minimum atomic E-state index is -0.441. The summed E-state index contributed by atoms with van der Waals surface area (Å²) < 4.78 is 0.820. The molecule has 1 aromatic carbocycles. The molecule has 1 atom stereocenters. The molecule has 4 N–H and O–H groups in total. The van der Waals surface area contributed by atoms with Crippen LogP contribution in [-0.4, -0.2) is 43.3 Å². The second-order valence-corrected chi connectivity index (χ2v) is 5.85. The van der Waals surface area contributed by atoms with Crippen LogP contribution < -0.4 is 16.0 Å². The van der Waals surface area contributed by atoms with Crippen molar-refractivity contribution in [2.45, 2.75) is 18.9 Å². The first-order valence-corrected chi connectivity index (χ1v) is 7.59. The fourth-order valence-corrected chi connectivity index (χ4v) is 3.16. The zero-order valence-corrected chi connectivity index (χ0v) is 12.9. The zero-order chi connectivity index (χ0) is 14.5. The van der Waals surface area contributed by atoms with Gasteiger partial charge in [0.2, 0.25) is 5.91 Å². The zero-order valence-electron chi connectivity index (χ0n) is 11.3. The van der Waals surface area contributed by atoms with E-state index in [2.05, 4.69) is 26.1 Å². The molecule has 1 aliphatic heterocycles. The van der Waals surface area contributed by atoms with Crippen molar-refractivity contribution in [3.05, 3.63) is 28.2 Å². The summed E-state index contributed by atoms with van der Waals surface area (Å²) in [5.74, 6) is -0.441. The molecular formula is C14H20BrN3O2. The van der Waals surface area contributed by atoms with Gasteiger partial charge in [-0.05, 0) is 53.5 Å². The lowest BCUT2D eigenvalue weighted by molar-refractivity contribution is 0.1000. The number of halogens is 1. The van der Waals surface area contributed by atoms with Gasteiger partial charge < -0.3 is 21.1 Å². The summed E-state index contributed by atoms with van der Waals surface area (Å²) in [6.45, 7) is 2.55. The number of primary amides is 1. The number of carbonyl (C=O) groups is 1. The van der Waals surface area contributed by atoms with Gasteiger partial charge in [-0.1, -0.05) is 0 Å². The largest absolute Gasteiger partial charge is 0.395 e. The number of hydrogen-bond acceptors (Lipinski definition) is 4. The highest BCUT2D eigenvalue weighted by atomic mass is 79.9. The molecule has 2 rings (SSSR count). The van der Waals surface area contributed by atoms with Gasteiger partial charge in [-0.25, -0.2) is 0 Å². The van der Waals surface area contributed by atoms with Crippen molar-refractivity contribution in [3.8, 4) is 0 Å². The van der Waals surface area contributed by atoms with Crippen molar-refractivity contribution in [2.75, 3.05) is 31.1 Å². The van der Waals surface area contributed by atoms with E-state index in [-0.39, 0.29) is 6.61 Å². The number of carbonyl (C=O) groups excluding carboxylic acids is 1. The van der Waals surface area contributed by atoms with Crippen LogP contribution in [0.15, 0.2) is 22.7 Å². The molecule has 1 amide bonds. The Morgan fingerprint density at radius 2 is 2.35 bits per heavy atom. The van der Waals surface area contributed by atoms with E-state index in [0.717, 1.165) is 29.7 Å². The summed E-state index contributed by atoms with van der Waals surface area (Å²) >= 11 is 3.48. The van der Waals surface area contributed by atoms with Gasteiger partial charge in [-0.15, -0.1) is 0 Å². The highest BCUT2D eigenvalue weighted by Crippen LogP contribution is 2.28. The molecule has 0 saturated carbocycles. The van der Waals surface area contributed by atoms with Crippen molar-refractivity contribution < 1.29 is 9.90 Å². The Hall–Kier alpha value is -1.11. The van der Waals surface area contributed by atoms with Crippen molar-refractivity contribution in [2.24, 2.45) is 5.73 Å². The van der Waals surface area contributed by atoms with Crippen LogP contribution in [0.3, 0.4) is 0 Å². The van der Waals surface area contributed by atoms with E-state index in [1.807, 2.05) is 6.07 Å². The molecule has 0 bridgehead atoms. The molecule has 0 spiro atoms. The van der Waals surface area contributed by atoms with Gasteiger partial charge in [0.1, 0.15) is 0 Å². The number of benzene rings is 1. The van der Waals surface area contributed by atoms with E-state index in [0.29, 0.717) is 18.2 Å². The summed E-state index contributed by atoms with van der Waals surface area (Å²) in [6.07, 6.45) is 2.35. The van der Waals surface area contributed by atoms with E-state index in [4.69, 9.17) is 5.73 Å². The maximum Gasteiger partial charge on any atom is 0.248 e. The van der Waals surface area contributed by atoms with Crippen LogP contribution in [0, 0.1) is 0 Å². The summed E-state index contributed by atoms with van der Waals surface area (Å²) in [4.78, 5) is 13.3. The normalized spacial score (nSPS) is 18.2. The summed E-state index contributed by atoms with van der Waals surface area (Å²) in [5.41, 5.74) is 6.72. The monoisotopic (exact) mass is 341 g/mol. The highest BCUT2D eigenvalue weighted by molar-refractivity contribution is 9.10. The molecular weight excluding hydrogens is 322 g/mol. The Balaban J connectivity index is 2.17. The Morgan fingerprint density at radius 1 is 1.55 bits per heavy atom. The van der Waals surface area contributed by atoms with Gasteiger partial charge in [-0.2, -0.15) is 0 Å². The number of anilines is 1. The maximum absolute atomic E-state index is 11.2. The first-order chi connectivity index (χ1) is 9.61. The molecule has 1 saturated heterocycles. The minimum absolute atomic E-state index is 0.0940. The number of amides is 1. The number of nitrogens with one attached hydrogen (secondary N) is 1. The predicted molar refractivity (Wildman–Crippen MR) is 83.0 cm³/mol. The van der Waals surface area contributed by atoms with E-state index in [1.165, 1.54) is 6.42 Å². The van der Waals surface area contributed by atoms with Gasteiger partial charge in [0, 0.05) is 29.2 Å². The third-order valence-electron chi connectivity index (χ3n) is 3.55. The van der Waals surface area contributed by atoms with Crippen LogP contribution in [0.25, 0.3) is 0 Å². The molecule has 1 aliphatic rings. The summed E-state index contributed by atoms with van der Waals surface area (Å²) in [5, 5.41) is 12.7. The molecule has 1 heterocycles. The van der Waals surface area contributed by atoms with Gasteiger partial charge >= 0.3 is 0 Å². The molecule has 5 nitrogen and oxygen atoms in total. The lowest BCUT2D eigenvalue weighted by Crippen LogP contribution is -2.39. The van der Waals surface area contributed by atoms with Crippen molar-refractivity contribution in [1.29, 1.82) is 0 Å². The van der Waals surface area contributed by atoms with Gasteiger partial charge in [-0.3, -0.25) is 4.79 Å². The smallest absolute Gasteiger partial charge is 0.248 e. The fourth-order valence-electron chi connectivity index (χ4n) is 2.53. The Kier molecular flexibility index (Phi) is 5.39. The molecule has 1 unspecified atom stereocenters. The number of aliphatic hydroxyl groups excluding tert-OH is 1. The summed E-state index contributed by atoms with van der Waals surface area (Å²) in [7, 11) is 0. The average molecular weight is 342 g/mol. The Bertz CT molecular complexity index is 475. The van der Waals surface area contributed by atoms with Crippen LogP contribution in [0.4, 0.5) is 5.69 Å². The molecule has 20 heavy (non-hydrogen) atoms. The molecule has 0 radical (unpaired) electrons. The van der Waals surface area contributed by atoms with Crippen LogP contribution in [0.5, 0.6) is 0 Å². The fraction of sp³-hybridized carbons (Fsp3) is 0.500. The SMILES string of the molecule is NC(=O)c1ccc(N(CCO)CC2CCCN2)c(Br)c1. The lowest BCUT2D eigenvalue weighted by Gasteiger charge is -2.28. The number of hydrogen-bond donors (Lipinski definition) is 3. The van der Waals surface area contributed by atoms with Crippen LogP contribution in [0.1, 0.15) is 23.2 Å². The molecule has 0 aromatic heterocycles. The maximum atomic E-state index is 11.2. The van der Waals surface area contributed by atoms with E-state index >= 15 is 0 Å². The molecule has 1 aromatic rings. The third-order valence-corrected chi connectivity index (χ3v) is 4.18. The second kappa shape index (κ2) is 7.06. The van der Waals surface area contributed by atoms with Crippen LogP contribution in [0.2, 0.25) is 0 Å². The van der Waals surface area contributed by atoms with E-state index in [9.17, 15) is 9.90 Å². The van der Waals surface area contributed by atoms with E-state index in [1.54, 1.807) is 12.1 Å². The number of nitrogens with two attached hydrogens (primary N) is 1. The topological polar surface area (TPSA) is 78.6 Å². The average Bonchev–Trinajstić information content (AvgIpc) is 2.91. The first-order valence-electron chi connectivity index (χ1n) is 6.80. The predicted octanol–water partition coefficient (Wildman–Crippen LogP) is 1.10. The summed E-state index contributed by atoms with van der Waals surface area (Å²) in [6, 6.07) is 5.76. The Labute approximate surface area is 127 Å². The molecule has 110 valence electrons. The third kappa shape index (κ3) is 3.71. The second-order valence-electron chi connectivity index (χ2n) is 4.99. The molecule has 6 heteroatoms. The van der Waals surface area contributed by atoms with Crippen molar-refractivity contribution >= 4 is 27.5 Å². The molecule has 0 aliphatic carbocycles. The molecule has 1 fully saturated rings. The van der Waals surface area contributed by atoms with Crippen LogP contribution in [-0.2, 0) is 0 Å². The standard InChI is InChI=1S/C14H20BrN3O2/c15-12-8-10(14(16)20)3-4-13(12)18(6-7-19)9-11-2-1-5-17-11/h3-4,8,11,17,19H,1-2,5-7,9H2,(H2,16,20). The Morgan fingerprint density at radius 3 is 2.90 bits per heavy atom. The lowest BCUT2D eigenvalue weighted by atomic mass is 10.1. The minimum Gasteiger partial charge on any atom is -0.395 e.